The van der Waals surface area contributed by atoms with Gasteiger partial charge in [-0.15, -0.1) is 0 Å². The zero-order valence-corrected chi connectivity index (χ0v) is 22.7. The largest absolute Gasteiger partial charge is 0.493 e. The first kappa shape index (κ1) is 27.8. The summed E-state index contributed by atoms with van der Waals surface area (Å²) in [6.07, 6.45) is 2.92. The molecule has 1 saturated carbocycles. The monoisotopic (exact) mass is 544 g/mol. The zero-order chi connectivity index (χ0) is 27.1. The van der Waals surface area contributed by atoms with E-state index in [1.807, 2.05) is 13.8 Å². The lowest BCUT2D eigenvalue weighted by Crippen LogP contribution is -2.38. The molecule has 0 bridgehead atoms. The van der Waals surface area contributed by atoms with Crippen molar-refractivity contribution in [3.05, 3.63) is 51.6 Å². The van der Waals surface area contributed by atoms with Crippen molar-refractivity contribution >= 4 is 28.5 Å². The molecule has 1 fully saturated rings. The highest BCUT2D eigenvalue weighted by Crippen LogP contribution is 2.41. The van der Waals surface area contributed by atoms with Gasteiger partial charge in [-0.05, 0) is 43.9 Å². The third-order valence-electron chi connectivity index (χ3n) is 6.27. The second kappa shape index (κ2) is 13.0. The summed E-state index contributed by atoms with van der Waals surface area (Å²) in [5.74, 6) is 1.49. The second-order valence-electron chi connectivity index (χ2n) is 9.12. The van der Waals surface area contributed by atoms with Crippen LogP contribution in [0, 0.1) is 5.92 Å². The van der Waals surface area contributed by atoms with Gasteiger partial charge in [-0.1, -0.05) is 31.5 Å². The van der Waals surface area contributed by atoms with Crippen LogP contribution in [0.3, 0.4) is 0 Å². The van der Waals surface area contributed by atoms with Gasteiger partial charge in [0.05, 0.1) is 54.9 Å². The molecule has 9 heteroatoms. The number of rotatable bonds is 13. The van der Waals surface area contributed by atoms with Crippen LogP contribution >= 0.6 is 11.6 Å². The van der Waals surface area contributed by atoms with Crippen molar-refractivity contribution in [2.24, 2.45) is 5.92 Å². The number of hydrogen-bond acceptors (Lipinski definition) is 8. The third-order valence-corrected chi connectivity index (χ3v) is 6.57. The van der Waals surface area contributed by atoms with Crippen LogP contribution in [0.2, 0.25) is 5.02 Å². The number of esters is 1. The van der Waals surface area contributed by atoms with E-state index in [0.717, 1.165) is 12.8 Å². The maximum Gasteiger partial charge on any atom is 0.309 e. The maximum atomic E-state index is 12.8. The third kappa shape index (κ3) is 6.42. The highest BCUT2D eigenvalue weighted by atomic mass is 35.5. The summed E-state index contributed by atoms with van der Waals surface area (Å²) in [6.45, 7) is 5.50. The average molecular weight is 545 g/mol. The van der Waals surface area contributed by atoms with Gasteiger partial charge in [0.25, 0.3) is 0 Å². The number of hydrogen-bond donors (Lipinski definition) is 0. The number of carbonyl (C=O) groups excluding carboxylic acids is 1. The average Bonchev–Trinajstić information content (AvgIpc) is 2.89. The zero-order valence-electron chi connectivity index (χ0n) is 21.9. The second-order valence-corrected chi connectivity index (χ2v) is 9.52. The first-order valence-corrected chi connectivity index (χ1v) is 13.3. The molecule has 1 aliphatic carbocycles. The number of halogens is 1. The molecule has 8 nitrogen and oxygen atoms in total. The van der Waals surface area contributed by atoms with Gasteiger partial charge in [0, 0.05) is 12.1 Å². The Hall–Kier alpha value is -3.23. The molecule has 0 atom stereocenters. The standard InChI is InChI=1S/C29H33ClO8/c1-4-9-35-27-17-24(36-12-11-34-19-13-18(14-19)29(32)37-10-5-2)21(15-26(27)33-3)25-16-23(31)20-7-6-8-22(30)28(20)38-25/h6-8,15-19H,4-5,9-14H2,1-3H3/t18-,19+. The van der Waals surface area contributed by atoms with Crippen molar-refractivity contribution in [1.82, 2.24) is 0 Å². The van der Waals surface area contributed by atoms with Crippen LogP contribution in [-0.2, 0) is 14.3 Å². The molecule has 0 saturated heterocycles. The van der Waals surface area contributed by atoms with Crippen molar-refractivity contribution in [3.63, 3.8) is 0 Å². The van der Waals surface area contributed by atoms with E-state index in [-0.39, 0.29) is 30.0 Å². The predicted octanol–water partition coefficient (Wildman–Crippen LogP) is 6.04. The van der Waals surface area contributed by atoms with E-state index in [1.54, 1.807) is 37.4 Å². The van der Waals surface area contributed by atoms with Crippen LogP contribution in [0.1, 0.15) is 39.5 Å². The minimum Gasteiger partial charge on any atom is -0.493 e. The Kier molecular flexibility index (Phi) is 9.53. The molecule has 0 aliphatic heterocycles. The fourth-order valence-corrected chi connectivity index (χ4v) is 4.41. The van der Waals surface area contributed by atoms with Gasteiger partial charge >= 0.3 is 5.97 Å². The van der Waals surface area contributed by atoms with Crippen LogP contribution < -0.4 is 19.6 Å². The van der Waals surface area contributed by atoms with Gasteiger partial charge in [0.1, 0.15) is 18.1 Å². The van der Waals surface area contributed by atoms with Crippen molar-refractivity contribution < 1.29 is 32.9 Å². The molecule has 0 amide bonds. The summed E-state index contributed by atoms with van der Waals surface area (Å²) < 4.78 is 34.7. The molecule has 1 heterocycles. The first-order chi connectivity index (χ1) is 18.4. The SMILES string of the molecule is CCCOc1cc(OCCO[C@H]2C[C@@H](C(=O)OCCC)C2)c(-c2cc(=O)c3cccc(Cl)c3o2)cc1OC. The van der Waals surface area contributed by atoms with E-state index in [2.05, 4.69) is 0 Å². The van der Waals surface area contributed by atoms with E-state index in [0.29, 0.717) is 77.2 Å². The van der Waals surface area contributed by atoms with E-state index >= 15 is 0 Å². The summed E-state index contributed by atoms with van der Waals surface area (Å²) in [7, 11) is 1.55. The number of methoxy groups -OCH3 is 1. The van der Waals surface area contributed by atoms with E-state index < -0.39 is 0 Å². The number of fused-ring (bicyclic) bond motifs is 1. The summed E-state index contributed by atoms with van der Waals surface area (Å²) in [5, 5.41) is 0.730. The Bertz CT molecular complexity index is 1310. The summed E-state index contributed by atoms with van der Waals surface area (Å²) in [4.78, 5) is 24.8. The minimum absolute atomic E-state index is 0.00258. The van der Waals surface area contributed by atoms with Crippen LogP contribution in [0.15, 0.2) is 45.6 Å². The quantitative estimate of drug-likeness (QED) is 0.190. The minimum atomic E-state index is -0.222. The lowest BCUT2D eigenvalue weighted by molar-refractivity contribution is -0.158. The lowest BCUT2D eigenvalue weighted by atomic mass is 9.82. The molecule has 0 N–H and O–H groups in total. The molecule has 2 aromatic carbocycles. The Morgan fingerprint density at radius 1 is 0.974 bits per heavy atom. The maximum absolute atomic E-state index is 12.8. The van der Waals surface area contributed by atoms with Gasteiger partial charge < -0.3 is 28.1 Å². The predicted molar refractivity (Wildman–Crippen MR) is 144 cm³/mol. The van der Waals surface area contributed by atoms with Crippen LogP contribution in [-0.4, -0.2) is 45.6 Å². The Labute approximate surface area is 226 Å². The molecule has 1 aliphatic rings. The fourth-order valence-electron chi connectivity index (χ4n) is 4.19. The molecule has 3 aromatic rings. The summed E-state index contributed by atoms with van der Waals surface area (Å²) >= 11 is 6.32. The smallest absolute Gasteiger partial charge is 0.309 e. The number of para-hydroxylation sites is 1. The first-order valence-electron chi connectivity index (χ1n) is 12.9. The van der Waals surface area contributed by atoms with Gasteiger partial charge in [0.2, 0.25) is 0 Å². The van der Waals surface area contributed by atoms with Gasteiger partial charge in [-0.2, -0.15) is 0 Å². The molecular formula is C29H33ClO8. The molecule has 38 heavy (non-hydrogen) atoms. The highest BCUT2D eigenvalue weighted by Gasteiger charge is 2.36. The molecule has 204 valence electrons. The van der Waals surface area contributed by atoms with Crippen molar-refractivity contribution in [2.75, 3.05) is 33.5 Å². The molecular weight excluding hydrogens is 512 g/mol. The Morgan fingerprint density at radius 3 is 2.47 bits per heavy atom. The van der Waals surface area contributed by atoms with E-state index in [9.17, 15) is 9.59 Å². The van der Waals surface area contributed by atoms with Gasteiger partial charge in [0.15, 0.2) is 22.5 Å². The summed E-state index contributed by atoms with van der Waals surface area (Å²) in [5.41, 5.74) is 0.598. The van der Waals surface area contributed by atoms with Crippen molar-refractivity contribution in [3.8, 4) is 28.6 Å². The molecule has 4 rings (SSSR count). The van der Waals surface area contributed by atoms with Crippen LogP contribution in [0.5, 0.6) is 17.2 Å². The molecule has 0 spiro atoms. The van der Waals surface area contributed by atoms with Crippen LogP contribution in [0.25, 0.3) is 22.3 Å². The topological polar surface area (TPSA) is 93.4 Å². The highest BCUT2D eigenvalue weighted by molar-refractivity contribution is 6.34. The van der Waals surface area contributed by atoms with E-state index in [4.69, 9.17) is 39.7 Å². The molecule has 0 unspecified atom stereocenters. The van der Waals surface area contributed by atoms with Gasteiger partial charge in [-0.3, -0.25) is 9.59 Å². The number of carbonyl (C=O) groups is 1. The van der Waals surface area contributed by atoms with Gasteiger partial charge in [-0.25, -0.2) is 0 Å². The normalized spacial score (nSPS) is 16.6. The van der Waals surface area contributed by atoms with Crippen molar-refractivity contribution in [1.29, 1.82) is 0 Å². The molecule has 0 radical (unpaired) electrons. The van der Waals surface area contributed by atoms with Crippen molar-refractivity contribution in [2.45, 2.75) is 45.6 Å². The Balaban J connectivity index is 1.51. The molecule has 1 aromatic heterocycles. The fraction of sp³-hybridized carbons (Fsp3) is 0.448. The van der Waals surface area contributed by atoms with Crippen LogP contribution in [0.4, 0.5) is 0 Å². The van der Waals surface area contributed by atoms with E-state index in [1.165, 1.54) is 6.07 Å². The lowest BCUT2D eigenvalue weighted by Gasteiger charge is -2.33. The number of ether oxygens (including phenoxy) is 5. The number of benzene rings is 2. The summed E-state index contributed by atoms with van der Waals surface area (Å²) in [6, 6.07) is 9.90. The Morgan fingerprint density at radius 2 is 1.74 bits per heavy atom.